The number of hydrogen-bond acceptors (Lipinski definition) is 5. The third-order valence-corrected chi connectivity index (χ3v) is 3.98. The molecular formula is C19H20N4O. The molecule has 0 aliphatic carbocycles. The zero-order valence-corrected chi connectivity index (χ0v) is 14.0. The van der Waals surface area contributed by atoms with Gasteiger partial charge in [0.05, 0.1) is 0 Å². The van der Waals surface area contributed by atoms with Gasteiger partial charge in [-0.15, -0.1) is 0 Å². The fourth-order valence-corrected chi connectivity index (χ4v) is 2.38. The van der Waals surface area contributed by atoms with Gasteiger partial charge in [-0.3, -0.25) is 0 Å². The number of nitrogen functional groups attached to an aromatic ring is 1. The van der Waals surface area contributed by atoms with E-state index in [0.29, 0.717) is 23.1 Å². The summed E-state index contributed by atoms with van der Waals surface area (Å²) in [6.07, 6.45) is 1.46. The number of rotatable bonds is 4. The van der Waals surface area contributed by atoms with E-state index in [9.17, 15) is 0 Å². The molecule has 0 aliphatic rings. The monoisotopic (exact) mass is 320 g/mol. The minimum Gasteiger partial charge on any atom is -0.437 e. The Hall–Kier alpha value is -3.08. The van der Waals surface area contributed by atoms with Crippen LogP contribution in [0.2, 0.25) is 0 Å². The molecule has 122 valence electrons. The van der Waals surface area contributed by atoms with Gasteiger partial charge in [-0.1, -0.05) is 24.3 Å². The van der Waals surface area contributed by atoms with Gasteiger partial charge in [0.15, 0.2) is 5.82 Å². The van der Waals surface area contributed by atoms with E-state index in [4.69, 9.17) is 10.5 Å². The summed E-state index contributed by atoms with van der Waals surface area (Å²) in [6.45, 7) is 4.10. The molecule has 0 radical (unpaired) electrons. The lowest BCUT2D eigenvalue weighted by Gasteiger charge is -2.20. The van der Waals surface area contributed by atoms with Gasteiger partial charge in [-0.25, -0.2) is 4.98 Å². The molecule has 0 saturated carbocycles. The van der Waals surface area contributed by atoms with E-state index in [2.05, 4.69) is 16.9 Å². The largest absolute Gasteiger partial charge is 0.437 e. The maximum absolute atomic E-state index is 6.25. The van der Waals surface area contributed by atoms with Crippen molar-refractivity contribution < 1.29 is 4.74 Å². The Balaban J connectivity index is 1.92. The predicted molar refractivity (Wildman–Crippen MR) is 96.9 cm³/mol. The van der Waals surface area contributed by atoms with Crippen LogP contribution in [0.25, 0.3) is 0 Å². The van der Waals surface area contributed by atoms with Gasteiger partial charge in [0.2, 0.25) is 5.88 Å². The molecule has 3 rings (SSSR count). The van der Waals surface area contributed by atoms with Gasteiger partial charge in [-0.05, 0) is 49.2 Å². The highest BCUT2D eigenvalue weighted by Gasteiger charge is 2.15. The van der Waals surface area contributed by atoms with Crippen LogP contribution < -0.4 is 15.4 Å². The Morgan fingerprint density at radius 3 is 2.42 bits per heavy atom. The van der Waals surface area contributed by atoms with Crippen molar-refractivity contribution in [2.24, 2.45) is 0 Å². The van der Waals surface area contributed by atoms with Crippen molar-refractivity contribution >= 4 is 17.2 Å². The highest BCUT2D eigenvalue weighted by Crippen LogP contribution is 2.34. The van der Waals surface area contributed by atoms with Crippen LogP contribution >= 0.6 is 0 Å². The van der Waals surface area contributed by atoms with Crippen molar-refractivity contribution in [3.63, 3.8) is 0 Å². The number of nitrogens with two attached hydrogens (primary N) is 1. The number of ether oxygens (including phenoxy) is 1. The molecule has 0 unspecified atom stereocenters. The number of aryl methyl sites for hydroxylation is 2. The first-order valence-electron chi connectivity index (χ1n) is 7.70. The molecule has 0 amide bonds. The predicted octanol–water partition coefficient (Wildman–Crippen LogP) is 4.24. The van der Waals surface area contributed by atoms with Gasteiger partial charge in [-0.2, -0.15) is 4.98 Å². The Morgan fingerprint density at radius 1 is 0.958 bits per heavy atom. The number of anilines is 3. The quantitative estimate of drug-likeness (QED) is 0.779. The normalized spacial score (nSPS) is 10.5. The highest BCUT2D eigenvalue weighted by molar-refractivity contribution is 5.74. The molecule has 0 fully saturated rings. The molecule has 1 aromatic heterocycles. The average Bonchev–Trinajstić information content (AvgIpc) is 2.60. The molecular weight excluding hydrogens is 300 g/mol. The van der Waals surface area contributed by atoms with Crippen molar-refractivity contribution in [3.8, 4) is 11.6 Å². The molecule has 2 N–H and O–H groups in total. The van der Waals surface area contributed by atoms with Crippen molar-refractivity contribution in [3.05, 3.63) is 66.0 Å². The van der Waals surface area contributed by atoms with Crippen molar-refractivity contribution in [2.75, 3.05) is 17.7 Å². The minimum absolute atomic E-state index is 0.353. The topological polar surface area (TPSA) is 64.3 Å². The smallest absolute Gasteiger partial charge is 0.248 e. The SMILES string of the molecule is Cc1ccc(Oc2ncnc(N(C)c3ccccc3)c2N)cc1C. The van der Waals surface area contributed by atoms with Crippen LogP contribution in [0.15, 0.2) is 54.9 Å². The van der Waals surface area contributed by atoms with Gasteiger partial charge in [0.1, 0.15) is 17.8 Å². The van der Waals surface area contributed by atoms with E-state index in [1.54, 1.807) is 0 Å². The van der Waals surface area contributed by atoms with Crippen LogP contribution in [-0.4, -0.2) is 17.0 Å². The number of benzene rings is 2. The lowest BCUT2D eigenvalue weighted by atomic mass is 10.1. The fourth-order valence-electron chi connectivity index (χ4n) is 2.38. The summed E-state index contributed by atoms with van der Waals surface area (Å²) in [5, 5.41) is 0. The van der Waals surface area contributed by atoms with E-state index >= 15 is 0 Å². The molecule has 3 aromatic rings. The molecule has 5 nitrogen and oxygen atoms in total. The lowest BCUT2D eigenvalue weighted by molar-refractivity contribution is 0.464. The molecule has 0 bridgehead atoms. The second kappa shape index (κ2) is 6.58. The first kappa shape index (κ1) is 15.8. The molecule has 0 atom stereocenters. The van der Waals surface area contributed by atoms with E-state index < -0.39 is 0 Å². The standard InChI is InChI=1S/C19H20N4O/c1-13-9-10-16(11-14(13)2)24-19-17(20)18(21-12-22-19)23(3)15-7-5-4-6-8-15/h4-12H,20H2,1-3H3. The first-order chi connectivity index (χ1) is 11.6. The van der Waals surface area contributed by atoms with Gasteiger partial charge in [0, 0.05) is 12.7 Å². The third-order valence-electron chi connectivity index (χ3n) is 3.98. The lowest BCUT2D eigenvalue weighted by Crippen LogP contribution is -2.14. The van der Waals surface area contributed by atoms with Crippen molar-refractivity contribution in [1.29, 1.82) is 0 Å². The van der Waals surface area contributed by atoms with Crippen molar-refractivity contribution in [2.45, 2.75) is 13.8 Å². The summed E-state index contributed by atoms with van der Waals surface area (Å²) in [6, 6.07) is 15.8. The van der Waals surface area contributed by atoms with E-state index in [1.165, 1.54) is 11.9 Å². The number of aromatic nitrogens is 2. The van der Waals surface area contributed by atoms with Crippen molar-refractivity contribution in [1.82, 2.24) is 9.97 Å². The van der Waals surface area contributed by atoms with Gasteiger partial charge < -0.3 is 15.4 Å². The fraction of sp³-hybridized carbons (Fsp3) is 0.158. The van der Waals surface area contributed by atoms with Crippen LogP contribution in [0.1, 0.15) is 11.1 Å². The number of para-hydroxylation sites is 1. The Bertz CT molecular complexity index is 849. The molecule has 24 heavy (non-hydrogen) atoms. The molecule has 0 spiro atoms. The Morgan fingerprint density at radius 2 is 1.71 bits per heavy atom. The first-order valence-corrected chi connectivity index (χ1v) is 7.70. The van der Waals surface area contributed by atoms with E-state index in [-0.39, 0.29) is 0 Å². The molecule has 0 aliphatic heterocycles. The van der Waals surface area contributed by atoms with Crippen LogP contribution in [-0.2, 0) is 0 Å². The maximum atomic E-state index is 6.25. The summed E-state index contributed by atoms with van der Waals surface area (Å²) in [5.41, 5.74) is 10.0. The molecule has 0 saturated heterocycles. The van der Waals surface area contributed by atoms with Gasteiger partial charge >= 0.3 is 0 Å². The number of nitrogens with zero attached hydrogens (tertiary/aromatic N) is 3. The zero-order chi connectivity index (χ0) is 17.1. The van der Waals surface area contributed by atoms with E-state index in [0.717, 1.165) is 11.3 Å². The maximum Gasteiger partial charge on any atom is 0.248 e. The highest BCUT2D eigenvalue weighted by atomic mass is 16.5. The van der Waals surface area contributed by atoms with Crippen LogP contribution in [0.4, 0.5) is 17.2 Å². The minimum atomic E-state index is 0.353. The van der Waals surface area contributed by atoms with Gasteiger partial charge in [0.25, 0.3) is 0 Å². The summed E-state index contributed by atoms with van der Waals surface area (Å²) >= 11 is 0. The van der Waals surface area contributed by atoms with E-state index in [1.807, 2.05) is 67.4 Å². The van der Waals surface area contributed by atoms with Crippen LogP contribution in [0.5, 0.6) is 11.6 Å². The number of hydrogen-bond donors (Lipinski definition) is 1. The molecule has 5 heteroatoms. The Labute approximate surface area is 141 Å². The van der Waals surface area contributed by atoms with Crippen LogP contribution in [0, 0.1) is 13.8 Å². The second-order valence-corrected chi connectivity index (χ2v) is 5.66. The molecule has 1 heterocycles. The Kier molecular flexibility index (Phi) is 4.33. The third kappa shape index (κ3) is 3.15. The summed E-state index contributed by atoms with van der Waals surface area (Å²) in [4.78, 5) is 10.4. The zero-order valence-electron chi connectivity index (χ0n) is 14.0. The average molecular weight is 320 g/mol. The summed E-state index contributed by atoms with van der Waals surface area (Å²) in [5.74, 6) is 1.66. The summed E-state index contributed by atoms with van der Waals surface area (Å²) in [7, 11) is 1.91. The molecule has 2 aromatic carbocycles. The second-order valence-electron chi connectivity index (χ2n) is 5.66. The summed E-state index contributed by atoms with van der Waals surface area (Å²) < 4.78 is 5.87. The van der Waals surface area contributed by atoms with Crippen LogP contribution in [0.3, 0.4) is 0 Å².